The Morgan fingerprint density at radius 1 is 1.26 bits per heavy atom. The molecule has 146 valence electrons. The molecule has 6 nitrogen and oxygen atoms in total. The summed E-state index contributed by atoms with van der Waals surface area (Å²) < 4.78 is 63.6. The van der Waals surface area contributed by atoms with Gasteiger partial charge in [0, 0.05) is 30.7 Å². The minimum absolute atomic E-state index is 0.0437. The van der Waals surface area contributed by atoms with Crippen LogP contribution in [0.3, 0.4) is 0 Å². The number of aromatic nitrogens is 2. The molecule has 10 heteroatoms. The van der Waals surface area contributed by atoms with Crippen LogP contribution in [-0.2, 0) is 16.2 Å². The lowest BCUT2D eigenvalue weighted by molar-refractivity contribution is -0.140. The number of allylic oxidation sites excluding steroid dienone is 2. The first-order valence-electron chi connectivity index (χ1n) is 7.87. The molecule has 0 bridgehead atoms. The standard InChI is InChI=1S/C17H19F3N4O2S/c1-11(2)8-12(9-22-3)16-23-15(17(18,19)20)10-24(16)13-4-6-14(7-5-13)27(21,25)26/h4-11H,1-3H3,(H2,21,25,26)/b12-8+,22-9?. The highest BCUT2D eigenvalue weighted by Gasteiger charge is 2.35. The van der Waals surface area contributed by atoms with Gasteiger partial charge in [0.1, 0.15) is 5.82 Å². The van der Waals surface area contributed by atoms with E-state index in [9.17, 15) is 21.6 Å². The second kappa shape index (κ2) is 7.65. The van der Waals surface area contributed by atoms with Gasteiger partial charge < -0.3 is 0 Å². The number of hydrogen-bond acceptors (Lipinski definition) is 4. The second-order valence-electron chi connectivity index (χ2n) is 6.11. The molecule has 1 aromatic carbocycles. The van der Waals surface area contributed by atoms with E-state index in [0.717, 1.165) is 6.20 Å². The number of halogens is 3. The molecule has 0 fully saturated rings. The van der Waals surface area contributed by atoms with E-state index in [1.165, 1.54) is 42.1 Å². The summed E-state index contributed by atoms with van der Waals surface area (Å²) in [7, 11) is -2.40. The average molecular weight is 400 g/mol. The molecular weight excluding hydrogens is 381 g/mol. The number of aliphatic imine (C=N–C) groups is 1. The molecule has 0 saturated carbocycles. The van der Waals surface area contributed by atoms with Crippen LogP contribution in [0.4, 0.5) is 13.2 Å². The number of primary sulfonamides is 1. The molecule has 0 aliphatic rings. The fourth-order valence-corrected chi connectivity index (χ4v) is 2.90. The summed E-state index contributed by atoms with van der Waals surface area (Å²) in [5.74, 6) is 0.0900. The molecule has 0 aliphatic carbocycles. The molecule has 0 aliphatic heterocycles. The van der Waals surface area contributed by atoms with Crippen LogP contribution in [0.25, 0.3) is 11.3 Å². The molecule has 0 amide bonds. The van der Waals surface area contributed by atoms with Gasteiger partial charge in [-0.05, 0) is 30.2 Å². The summed E-state index contributed by atoms with van der Waals surface area (Å²) in [6, 6.07) is 5.17. The Kier molecular flexibility index (Phi) is 5.91. The van der Waals surface area contributed by atoms with E-state index in [4.69, 9.17) is 5.14 Å². The average Bonchev–Trinajstić information content (AvgIpc) is 2.99. The first-order chi connectivity index (χ1) is 12.4. The lowest BCUT2D eigenvalue weighted by Crippen LogP contribution is -2.12. The van der Waals surface area contributed by atoms with Crippen molar-refractivity contribution in [3.63, 3.8) is 0 Å². The lowest BCUT2D eigenvalue weighted by atomic mass is 10.1. The summed E-state index contributed by atoms with van der Waals surface area (Å²) in [4.78, 5) is 7.49. The summed E-state index contributed by atoms with van der Waals surface area (Å²) >= 11 is 0. The van der Waals surface area contributed by atoms with Crippen molar-refractivity contribution in [1.29, 1.82) is 0 Å². The predicted octanol–water partition coefficient (Wildman–Crippen LogP) is 3.28. The fraction of sp³-hybridized carbons (Fsp3) is 0.294. The van der Waals surface area contributed by atoms with Crippen LogP contribution in [0, 0.1) is 5.92 Å². The Labute approximate surface area is 155 Å². The molecule has 0 spiro atoms. The fourth-order valence-electron chi connectivity index (χ4n) is 2.39. The smallest absolute Gasteiger partial charge is 0.299 e. The molecule has 2 aromatic rings. The zero-order valence-corrected chi connectivity index (χ0v) is 15.7. The monoisotopic (exact) mass is 400 g/mol. The number of alkyl halides is 3. The van der Waals surface area contributed by atoms with E-state index in [1.54, 1.807) is 6.08 Å². The van der Waals surface area contributed by atoms with Gasteiger partial charge in [0.25, 0.3) is 0 Å². The molecule has 2 rings (SSSR count). The van der Waals surface area contributed by atoms with Gasteiger partial charge in [0.05, 0.1) is 4.90 Å². The van der Waals surface area contributed by atoms with Crippen LogP contribution in [0.1, 0.15) is 25.4 Å². The highest BCUT2D eigenvalue weighted by Crippen LogP contribution is 2.31. The van der Waals surface area contributed by atoms with Crippen molar-refractivity contribution in [2.45, 2.75) is 24.9 Å². The molecule has 2 N–H and O–H groups in total. The summed E-state index contributed by atoms with van der Waals surface area (Å²) in [6.45, 7) is 3.75. The Balaban J connectivity index is 2.69. The summed E-state index contributed by atoms with van der Waals surface area (Å²) in [5.41, 5.74) is -0.342. The first-order valence-corrected chi connectivity index (χ1v) is 9.42. The number of nitrogens with two attached hydrogens (primary N) is 1. The molecule has 0 saturated heterocycles. The maximum absolute atomic E-state index is 13.2. The second-order valence-corrected chi connectivity index (χ2v) is 7.67. The van der Waals surface area contributed by atoms with Crippen LogP contribution in [0.15, 0.2) is 46.4 Å². The molecule has 1 heterocycles. The zero-order valence-electron chi connectivity index (χ0n) is 14.9. The van der Waals surface area contributed by atoms with E-state index in [1.807, 2.05) is 13.8 Å². The highest BCUT2D eigenvalue weighted by atomic mass is 32.2. The van der Waals surface area contributed by atoms with Crippen molar-refractivity contribution in [3.05, 3.63) is 48.1 Å². The Hall–Kier alpha value is -2.46. The van der Waals surface area contributed by atoms with Crippen LogP contribution in [0.2, 0.25) is 0 Å². The van der Waals surface area contributed by atoms with Gasteiger partial charge in [0.2, 0.25) is 10.0 Å². The van der Waals surface area contributed by atoms with Gasteiger partial charge in [-0.3, -0.25) is 9.56 Å². The van der Waals surface area contributed by atoms with Crippen molar-refractivity contribution >= 4 is 21.8 Å². The lowest BCUT2D eigenvalue weighted by Gasteiger charge is -2.10. The Morgan fingerprint density at radius 2 is 1.85 bits per heavy atom. The van der Waals surface area contributed by atoms with Crippen molar-refractivity contribution in [2.75, 3.05) is 7.05 Å². The number of hydrogen-bond donors (Lipinski definition) is 1. The molecule has 0 unspecified atom stereocenters. The number of benzene rings is 1. The predicted molar refractivity (Wildman–Crippen MR) is 97.2 cm³/mol. The number of nitrogens with zero attached hydrogens (tertiary/aromatic N) is 3. The van der Waals surface area contributed by atoms with Crippen molar-refractivity contribution in [1.82, 2.24) is 9.55 Å². The van der Waals surface area contributed by atoms with Crippen LogP contribution in [-0.4, -0.2) is 31.2 Å². The minimum atomic E-state index is -4.63. The molecule has 0 atom stereocenters. The third-order valence-corrected chi connectivity index (χ3v) is 4.41. The number of imidazole rings is 1. The van der Waals surface area contributed by atoms with E-state index < -0.39 is 21.9 Å². The van der Waals surface area contributed by atoms with Crippen molar-refractivity contribution in [3.8, 4) is 5.69 Å². The maximum Gasteiger partial charge on any atom is 0.434 e. The minimum Gasteiger partial charge on any atom is -0.299 e. The van der Waals surface area contributed by atoms with E-state index in [-0.39, 0.29) is 16.6 Å². The van der Waals surface area contributed by atoms with E-state index in [0.29, 0.717) is 11.3 Å². The Morgan fingerprint density at radius 3 is 2.30 bits per heavy atom. The van der Waals surface area contributed by atoms with Gasteiger partial charge in [-0.1, -0.05) is 19.9 Å². The van der Waals surface area contributed by atoms with Crippen LogP contribution >= 0.6 is 0 Å². The highest BCUT2D eigenvalue weighted by molar-refractivity contribution is 7.89. The van der Waals surface area contributed by atoms with Crippen molar-refractivity contribution < 1.29 is 21.6 Å². The van der Waals surface area contributed by atoms with Crippen LogP contribution in [0.5, 0.6) is 0 Å². The summed E-state index contributed by atoms with van der Waals surface area (Å²) in [6.07, 6.45) is -0.603. The van der Waals surface area contributed by atoms with E-state index >= 15 is 0 Å². The SMILES string of the molecule is CN=C/C(=C\C(C)C)c1nc(C(F)(F)F)cn1-c1ccc(S(N)(=O)=O)cc1. The summed E-state index contributed by atoms with van der Waals surface area (Å²) in [5, 5.41) is 5.06. The quantitative estimate of drug-likeness (QED) is 0.781. The molecule has 0 radical (unpaired) electrons. The number of rotatable bonds is 5. The zero-order chi connectivity index (χ0) is 20.4. The molecule has 1 aromatic heterocycles. The van der Waals surface area contributed by atoms with Gasteiger partial charge in [-0.25, -0.2) is 18.5 Å². The van der Waals surface area contributed by atoms with E-state index in [2.05, 4.69) is 9.98 Å². The van der Waals surface area contributed by atoms with Crippen molar-refractivity contribution in [2.24, 2.45) is 16.0 Å². The third-order valence-electron chi connectivity index (χ3n) is 3.48. The van der Waals surface area contributed by atoms with Crippen LogP contribution < -0.4 is 5.14 Å². The van der Waals surface area contributed by atoms with Gasteiger partial charge >= 0.3 is 6.18 Å². The largest absolute Gasteiger partial charge is 0.434 e. The molecule has 27 heavy (non-hydrogen) atoms. The third kappa shape index (κ3) is 5.04. The Bertz CT molecular complexity index is 973. The first kappa shape index (κ1) is 20.8. The maximum atomic E-state index is 13.2. The normalized spacial score (nSPS) is 13.7. The van der Waals surface area contributed by atoms with Gasteiger partial charge in [-0.2, -0.15) is 13.2 Å². The van der Waals surface area contributed by atoms with Gasteiger partial charge in [-0.15, -0.1) is 0 Å². The number of sulfonamides is 1. The molecular formula is C17H19F3N4O2S. The van der Waals surface area contributed by atoms with Gasteiger partial charge in [0.15, 0.2) is 5.69 Å². The topological polar surface area (TPSA) is 90.3 Å².